The molecule has 1 aromatic rings. The van der Waals surface area contributed by atoms with Crippen molar-refractivity contribution in [2.75, 3.05) is 31.1 Å². The van der Waals surface area contributed by atoms with Crippen LogP contribution in [0.3, 0.4) is 0 Å². The normalized spacial score (nSPS) is 20.4. The maximum atomic E-state index is 11.4. The molecule has 1 atom stereocenters. The van der Waals surface area contributed by atoms with Crippen molar-refractivity contribution in [3.63, 3.8) is 0 Å². The van der Waals surface area contributed by atoms with Crippen LogP contribution in [-0.4, -0.2) is 40.2 Å². The van der Waals surface area contributed by atoms with Crippen molar-refractivity contribution in [3.8, 4) is 0 Å². The number of benzene rings is 1. The largest absolute Gasteiger partial charge is 0.323 e. The Bertz CT molecular complexity index is 423. The van der Waals surface area contributed by atoms with Gasteiger partial charge < -0.3 is 10.6 Å². The zero-order valence-electron chi connectivity index (χ0n) is 11.8. The molecule has 0 spiro atoms. The molecule has 0 amide bonds. The van der Waals surface area contributed by atoms with Gasteiger partial charge in [-0.15, -0.1) is 0 Å². The highest BCUT2D eigenvalue weighted by atomic mass is 32.2. The second-order valence-electron chi connectivity index (χ2n) is 6.00. The molecule has 106 valence electrons. The van der Waals surface area contributed by atoms with E-state index in [0.717, 1.165) is 31.1 Å². The first-order valence-corrected chi connectivity index (χ1v) is 8.36. The molecule has 1 aromatic carbocycles. The van der Waals surface area contributed by atoms with Gasteiger partial charge in [0.05, 0.1) is 0 Å². The van der Waals surface area contributed by atoms with Gasteiger partial charge in [-0.2, -0.15) is 0 Å². The van der Waals surface area contributed by atoms with Crippen molar-refractivity contribution in [3.05, 3.63) is 35.9 Å². The standard InChI is InChI=1S/C15H24N2OS/c1-15(2,12-17-8-10-19(18)11-9-17)14(16)13-6-4-3-5-7-13/h3-7,14H,8-12,16H2,1-2H3. The van der Waals surface area contributed by atoms with Crippen LogP contribution in [0.25, 0.3) is 0 Å². The van der Waals surface area contributed by atoms with E-state index >= 15 is 0 Å². The second-order valence-corrected chi connectivity index (χ2v) is 7.70. The number of nitrogens with zero attached hydrogens (tertiary/aromatic N) is 1. The third-order valence-corrected chi connectivity index (χ3v) is 5.18. The van der Waals surface area contributed by atoms with Crippen molar-refractivity contribution in [1.29, 1.82) is 0 Å². The van der Waals surface area contributed by atoms with Gasteiger partial charge in [-0.05, 0) is 11.0 Å². The fourth-order valence-corrected chi connectivity index (χ4v) is 3.75. The average molecular weight is 280 g/mol. The quantitative estimate of drug-likeness (QED) is 0.914. The van der Waals surface area contributed by atoms with Crippen LogP contribution in [0.2, 0.25) is 0 Å². The van der Waals surface area contributed by atoms with Crippen LogP contribution in [0.15, 0.2) is 30.3 Å². The summed E-state index contributed by atoms with van der Waals surface area (Å²) >= 11 is 0. The summed E-state index contributed by atoms with van der Waals surface area (Å²) in [5, 5.41) is 0. The highest BCUT2D eigenvalue weighted by molar-refractivity contribution is 7.85. The monoisotopic (exact) mass is 280 g/mol. The van der Waals surface area contributed by atoms with Gasteiger partial charge in [-0.25, -0.2) is 0 Å². The summed E-state index contributed by atoms with van der Waals surface area (Å²) in [5.41, 5.74) is 7.63. The van der Waals surface area contributed by atoms with Crippen LogP contribution in [-0.2, 0) is 10.8 Å². The molecule has 1 fully saturated rings. The third kappa shape index (κ3) is 3.88. The van der Waals surface area contributed by atoms with Gasteiger partial charge in [-0.3, -0.25) is 4.21 Å². The number of hydrogen-bond donors (Lipinski definition) is 1. The first-order valence-electron chi connectivity index (χ1n) is 6.87. The molecule has 4 heteroatoms. The maximum absolute atomic E-state index is 11.4. The highest BCUT2D eigenvalue weighted by Gasteiger charge is 2.31. The Kier molecular flexibility index (Phi) is 4.76. The van der Waals surface area contributed by atoms with E-state index in [0.29, 0.717) is 0 Å². The molecular weight excluding hydrogens is 256 g/mol. The summed E-state index contributed by atoms with van der Waals surface area (Å²) in [6.07, 6.45) is 0. The fourth-order valence-electron chi connectivity index (χ4n) is 2.62. The molecule has 3 nitrogen and oxygen atoms in total. The van der Waals surface area contributed by atoms with Gasteiger partial charge in [0.1, 0.15) is 0 Å². The van der Waals surface area contributed by atoms with E-state index in [2.05, 4.69) is 30.9 Å². The van der Waals surface area contributed by atoms with E-state index in [-0.39, 0.29) is 11.5 Å². The van der Waals surface area contributed by atoms with Crippen LogP contribution in [0.1, 0.15) is 25.5 Å². The lowest BCUT2D eigenvalue weighted by Crippen LogP contribution is -2.46. The van der Waals surface area contributed by atoms with Crippen molar-refractivity contribution in [1.82, 2.24) is 4.90 Å². The molecule has 1 aliphatic heterocycles. The van der Waals surface area contributed by atoms with Crippen LogP contribution >= 0.6 is 0 Å². The molecule has 0 saturated carbocycles. The number of hydrogen-bond acceptors (Lipinski definition) is 3. The Hall–Kier alpha value is -0.710. The molecule has 1 aliphatic rings. The fraction of sp³-hybridized carbons (Fsp3) is 0.600. The molecule has 19 heavy (non-hydrogen) atoms. The first-order chi connectivity index (χ1) is 8.99. The molecular formula is C15H24N2OS. The lowest BCUT2D eigenvalue weighted by Gasteiger charge is -2.38. The van der Waals surface area contributed by atoms with E-state index < -0.39 is 10.8 Å². The average Bonchev–Trinajstić information content (AvgIpc) is 2.41. The second kappa shape index (κ2) is 6.16. The Morgan fingerprint density at radius 3 is 2.42 bits per heavy atom. The third-order valence-electron chi connectivity index (χ3n) is 3.90. The summed E-state index contributed by atoms with van der Waals surface area (Å²) in [6.45, 7) is 7.25. The molecule has 1 unspecified atom stereocenters. The van der Waals surface area contributed by atoms with Crippen LogP contribution in [0.5, 0.6) is 0 Å². The van der Waals surface area contributed by atoms with Gasteiger partial charge in [-0.1, -0.05) is 44.2 Å². The highest BCUT2D eigenvalue weighted by Crippen LogP contribution is 2.32. The van der Waals surface area contributed by atoms with Crippen LogP contribution in [0, 0.1) is 5.41 Å². The Balaban J connectivity index is 1.99. The van der Waals surface area contributed by atoms with Gasteiger partial charge in [0.2, 0.25) is 0 Å². The molecule has 0 bridgehead atoms. The summed E-state index contributed by atoms with van der Waals surface area (Å²) in [6, 6.07) is 10.3. The molecule has 2 rings (SSSR count). The van der Waals surface area contributed by atoms with Crippen LogP contribution < -0.4 is 5.73 Å². The van der Waals surface area contributed by atoms with Gasteiger partial charge in [0.15, 0.2) is 0 Å². The molecule has 0 radical (unpaired) electrons. The SMILES string of the molecule is CC(C)(CN1CCS(=O)CC1)C(N)c1ccccc1. The molecule has 0 aromatic heterocycles. The zero-order valence-corrected chi connectivity index (χ0v) is 12.7. The topological polar surface area (TPSA) is 46.3 Å². The van der Waals surface area contributed by atoms with E-state index in [9.17, 15) is 4.21 Å². The Morgan fingerprint density at radius 1 is 1.26 bits per heavy atom. The number of rotatable bonds is 4. The van der Waals surface area contributed by atoms with Gasteiger partial charge in [0, 0.05) is 48.0 Å². The predicted molar refractivity (Wildman–Crippen MR) is 81.5 cm³/mol. The zero-order chi connectivity index (χ0) is 13.9. The van der Waals surface area contributed by atoms with E-state index in [1.165, 1.54) is 5.56 Å². The van der Waals surface area contributed by atoms with E-state index in [4.69, 9.17) is 5.73 Å². The minimum atomic E-state index is -0.609. The summed E-state index contributed by atoms with van der Waals surface area (Å²) < 4.78 is 11.4. The molecule has 0 aliphatic carbocycles. The van der Waals surface area contributed by atoms with Gasteiger partial charge in [0.25, 0.3) is 0 Å². The van der Waals surface area contributed by atoms with Crippen molar-refractivity contribution in [2.24, 2.45) is 11.1 Å². The van der Waals surface area contributed by atoms with Crippen LogP contribution in [0.4, 0.5) is 0 Å². The predicted octanol–water partition coefficient (Wildman–Crippen LogP) is 1.78. The Labute approximate surface area is 118 Å². The molecule has 2 N–H and O–H groups in total. The van der Waals surface area contributed by atoms with E-state index in [1.807, 2.05) is 18.2 Å². The maximum Gasteiger partial charge on any atom is 0.0363 e. The molecule has 1 heterocycles. The van der Waals surface area contributed by atoms with Crippen molar-refractivity contribution < 1.29 is 4.21 Å². The van der Waals surface area contributed by atoms with Crippen molar-refractivity contribution >= 4 is 10.8 Å². The lowest BCUT2D eigenvalue weighted by atomic mass is 9.80. The minimum absolute atomic E-state index is 0.0141. The van der Waals surface area contributed by atoms with E-state index in [1.54, 1.807) is 0 Å². The summed E-state index contributed by atoms with van der Waals surface area (Å²) in [5.74, 6) is 1.60. The van der Waals surface area contributed by atoms with Gasteiger partial charge >= 0.3 is 0 Å². The lowest BCUT2D eigenvalue weighted by molar-refractivity contribution is 0.162. The smallest absolute Gasteiger partial charge is 0.0363 e. The summed E-state index contributed by atoms with van der Waals surface area (Å²) in [7, 11) is -0.609. The Morgan fingerprint density at radius 2 is 1.84 bits per heavy atom. The minimum Gasteiger partial charge on any atom is -0.323 e. The van der Waals surface area contributed by atoms with Crippen molar-refractivity contribution in [2.45, 2.75) is 19.9 Å². The first kappa shape index (κ1) is 14.7. The number of nitrogens with two attached hydrogens (primary N) is 1. The molecule has 1 saturated heterocycles. The summed E-state index contributed by atoms with van der Waals surface area (Å²) in [4.78, 5) is 2.39.